The Morgan fingerprint density at radius 1 is 1.19 bits per heavy atom. The van der Waals surface area contributed by atoms with Gasteiger partial charge in [-0.3, -0.25) is 4.98 Å². The van der Waals surface area contributed by atoms with E-state index >= 15 is 0 Å². The zero-order chi connectivity index (χ0) is 14.2. The molecule has 0 saturated carbocycles. The van der Waals surface area contributed by atoms with Gasteiger partial charge in [-0.15, -0.1) is 0 Å². The molecule has 2 atom stereocenters. The van der Waals surface area contributed by atoms with E-state index in [2.05, 4.69) is 20.9 Å². The topological polar surface area (TPSA) is 36.4 Å². The first kappa shape index (κ1) is 13.1. The van der Waals surface area contributed by atoms with Crippen molar-refractivity contribution in [3.63, 3.8) is 0 Å². The van der Waals surface area contributed by atoms with Crippen molar-refractivity contribution < 1.29 is 4.79 Å². The number of fused-ring (bicyclic) bond motifs is 4. The van der Waals surface area contributed by atoms with Gasteiger partial charge in [0.25, 0.3) is 0 Å². The highest BCUT2D eigenvalue weighted by Gasteiger charge is 2.39. The average Bonchev–Trinajstić information content (AvgIpc) is 2.55. The van der Waals surface area contributed by atoms with Crippen molar-refractivity contribution in [2.75, 3.05) is 19.6 Å². The zero-order valence-corrected chi connectivity index (χ0v) is 12.5. The van der Waals surface area contributed by atoms with Gasteiger partial charge < -0.3 is 9.80 Å². The molecule has 4 nitrogen and oxygen atoms in total. The number of piperidine rings is 2. The maximum Gasteiger partial charge on any atom is 0.320 e. The maximum atomic E-state index is 12.8. The molecule has 1 aliphatic carbocycles. The largest absolute Gasteiger partial charge is 0.325 e. The number of likely N-dealkylation sites (tertiary alicyclic amines) is 2. The molecular weight excluding hydrogens is 262 g/mol. The second-order valence-corrected chi connectivity index (χ2v) is 6.65. The minimum atomic E-state index is 0.283. The van der Waals surface area contributed by atoms with E-state index < -0.39 is 0 Å². The third kappa shape index (κ3) is 2.30. The summed E-state index contributed by atoms with van der Waals surface area (Å²) < 4.78 is 0. The third-order valence-corrected chi connectivity index (χ3v) is 5.36. The minimum Gasteiger partial charge on any atom is -0.325 e. The molecule has 3 aliphatic rings. The fourth-order valence-corrected chi connectivity index (χ4v) is 4.26. The fourth-order valence-electron chi connectivity index (χ4n) is 4.26. The molecule has 4 heteroatoms. The van der Waals surface area contributed by atoms with E-state index in [1.54, 1.807) is 0 Å². The number of rotatable bonds is 0. The normalized spacial score (nSPS) is 28.2. The van der Waals surface area contributed by atoms with Gasteiger partial charge >= 0.3 is 6.03 Å². The number of urea groups is 1. The molecule has 2 fully saturated rings. The van der Waals surface area contributed by atoms with Gasteiger partial charge in [0.05, 0.1) is 0 Å². The Morgan fingerprint density at radius 2 is 2.05 bits per heavy atom. The van der Waals surface area contributed by atoms with Gasteiger partial charge in [0, 0.05) is 43.5 Å². The van der Waals surface area contributed by atoms with Crippen LogP contribution in [0.4, 0.5) is 4.79 Å². The van der Waals surface area contributed by atoms with Crippen molar-refractivity contribution in [1.82, 2.24) is 14.8 Å². The van der Waals surface area contributed by atoms with E-state index in [4.69, 9.17) is 0 Å². The Labute approximate surface area is 126 Å². The Morgan fingerprint density at radius 3 is 2.90 bits per heavy atom. The van der Waals surface area contributed by atoms with E-state index in [1.165, 1.54) is 30.5 Å². The van der Waals surface area contributed by atoms with Crippen molar-refractivity contribution >= 4 is 6.03 Å². The van der Waals surface area contributed by atoms with Crippen LogP contribution in [0.5, 0.6) is 0 Å². The molecule has 112 valence electrons. The van der Waals surface area contributed by atoms with Gasteiger partial charge in [0.15, 0.2) is 0 Å². The zero-order valence-electron chi connectivity index (χ0n) is 12.5. The van der Waals surface area contributed by atoms with Crippen LogP contribution in [0.2, 0.25) is 0 Å². The first-order chi connectivity index (χ1) is 10.3. The van der Waals surface area contributed by atoms with E-state index in [0.717, 1.165) is 38.9 Å². The Bertz CT molecular complexity index is 539. The molecule has 2 aliphatic heterocycles. The van der Waals surface area contributed by atoms with Crippen LogP contribution < -0.4 is 0 Å². The average molecular weight is 285 g/mol. The molecule has 0 unspecified atom stereocenters. The number of carbonyl (C=O) groups excluding carboxylic acids is 1. The first-order valence-electron chi connectivity index (χ1n) is 8.32. The quantitative estimate of drug-likeness (QED) is 0.735. The predicted molar refractivity (Wildman–Crippen MR) is 81.2 cm³/mol. The van der Waals surface area contributed by atoms with E-state index in [0.29, 0.717) is 12.0 Å². The monoisotopic (exact) mass is 285 g/mol. The Hall–Kier alpha value is -1.58. The van der Waals surface area contributed by atoms with E-state index in [1.807, 2.05) is 12.3 Å². The Kier molecular flexibility index (Phi) is 3.32. The van der Waals surface area contributed by atoms with Crippen LogP contribution in [0.3, 0.4) is 0 Å². The lowest BCUT2D eigenvalue weighted by atomic mass is 9.78. The molecular formula is C17H23N3O. The number of amides is 2. The van der Waals surface area contributed by atoms with E-state index in [9.17, 15) is 4.79 Å². The number of hydrogen-bond donors (Lipinski definition) is 0. The highest BCUT2D eigenvalue weighted by molar-refractivity contribution is 5.75. The van der Waals surface area contributed by atoms with Crippen LogP contribution in [0, 0.1) is 0 Å². The highest BCUT2D eigenvalue weighted by Crippen LogP contribution is 2.39. The molecule has 0 aromatic carbocycles. The van der Waals surface area contributed by atoms with Gasteiger partial charge in [0.2, 0.25) is 0 Å². The molecule has 1 aromatic heterocycles. The van der Waals surface area contributed by atoms with Crippen molar-refractivity contribution in [2.45, 2.75) is 50.5 Å². The smallest absolute Gasteiger partial charge is 0.320 e. The highest BCUT2D eigenvalue weighted by atomic mass is 16.2. The molecule has 0 N–H and O–H groups in total. The van der Waals surface area contributed by atoms with Crippen LogP contribution in [0.25, 0.3) is 0 Å². The Balaban J connectivity index is 1.53. The molecule has 0 radical (unpaired) electrons. The summed E-state index contributed by atoms with van der Waals surface area (Å²) in [4.78, 5) is 21.6. The van der Waals surface area contributed by atoms with Gasteiger partial charge in [-0.2, -0.15) is 0 Å². The third-order valence-electron chi connectivity index (χ3n) is 5.36. The number of nitrogens with zero attached hydrogens (tertiary/aromatic N) is 3. The van der Waals surface area contributed by atoms with Gasteiger partial charge in [-0.05, 0) is 50.2 Å². The number of hydrogen-bond acceptors (Lipinski definition) is 2. The van der Waals surface area contributed by atoms with Crippen LogP contribution in [0.1, 0.15) is 49.3 Å². The molecule has 21 heavy (non-hydrogen) atoms. The van der Waals surface area contributed by atoms with Crippen LogP contribution in [0.15, 0.2) is 18.3 Å². The van der Waals surface area contributed by atoms with E-state index in [-0.39, 0.29) is 6.03 Å². The predicted octanol–water partition coefficient (Wildman–Crippen LogP) is 2.79. The molecule has 2 bridgehead atoms. The number of aromatic nitrogens is 1. The number of pyridine rings is 1. The fraction of sp³-hybridized carbons (Fsp3) is 0.647. The maximum absolute atomic E-state index is 12.8. The van der Waals surface area contributed by atoms with Gasteiger partial charge in [-0.1, -0.05) is 6.07 Å². The van der Waals surface area contributed by atoms with Gasteiger partial charge in [-0.25, -0.2) is 4.79 Å². The van der Waals surface area contributed by atoms with Crippen LogP contribution >= 0.6 is 0 Å². The molecule has 2 saturated heterocycles. The summed E-state index contributed by atoms with van der Waals surface area (Å²) in [6.07, 6.45) is 8.67. The standard InChI is InChI=1S/C17H23N3O/c21-17(19-8-2-1-3-9-19)20-10-6-14-12-15(20)11-13-5-4-7-18-16(13)14/h4-5,7,14-15H,1-3,6,8-12H2/t14-,15+/m0/s1. The van der Waals surface area contributed by atoms with Crippen molar-refractivity contribution in [1.29, 1.82) is 0 Å². The summed E-state index contributed by atoms with van der Waals surface area (Å²) in [7, 11) is 0. The molecule has 2 amide bonds. The van der Waals surface area contributed by atoms with Crippen molar-refractivity contribution in [3.05, 3.63) is 29.6 Å². The second kappa shape index (κ2) is 5.32. The summed E-state index contributed by atoms with van der Waals surface area (Å²) >= 11 is 0. The summed E-state index contributed by atoms with van der Waals surface area (Å²) in [5.41, 5.74) is 2.65. The summed E-state index contributed by atoms with van der Waals surface area (Å²) in [5, 5.41) is 0. The summed E-state index contributed by atoms with van der Waals surface area (Å²) in [5.74, 6) is 0.561. The van der Waals surface area contributed by atoms with Crippen LogP contribution in [-0.2, 0) is 6.42 Å². The summed E-state index contributed by atoms with van der Waals surface area (Å²) in [6.45, 7) is 2.80. The lowest BCUT2D eigenvalue weighted by molar-refractivity contribution is 0.0979. The number of carbonyl (C=O) groups is 1. The molecule has 0 spiro atoms. The second-order valence-electron chi connectivity index (χ2n) is 6.65. The molecule has 4 rings (SSSR count). The van der Waals surface area contributed by atoms with Crippen molar-refractivity contribution in [2.24, 2.45) is 0 Å². The van der Waals surface area contributed by atoms with Crippen molar-refractivity contribution in [3.8, 4) is 0 Å². The van der Waals surface area contributed by atoms with Gasteiger partial charge in [0.1, 0.15) is 0 Å². The minimum absolute atomic E-state index is 0.283. The lowest BCUT2D eigenvalue weighted by Gasteiger charge is -2.45. The lowest BCUT2D eigenvalue weighted by Crippen LogP contribution is -2.54. The summed E-state index contributed by atoms with van der Waals surface area (Å²) in [6, 6.07) is 4.88. The van der Waals surface area contributed by atoms with Crippen LogP contribution in [-0.4, -0.2) is 46.5 Å². The molecule has 1 aromatic rings. The SMILES string of the molecule is O=C(N1CCCCC1)N1CC[C@H]2C[C@H]1Cc1cccnc12. The first-order valence-corrected chi connectivity index (χ1v) is 8.32. The molecule has 3 heterocycles.